The number of esters is 3. The van der Waals surface area contributed by atoms with Crippen LogP contribution in [0.3, 0.4) is 0 Å². The van der Waals surface area contributed by atoms with E-state index in [2.05, 4.69) is 6.58 Å². The highest BCUT2D eigenvalue weighted by Gasteiger charge is 2.39. The lowest BCUT2D eigenvalue weighted by molar-refractivity contribution is -0.169. The Labute approximate surface area is 378 Å². The molecule has 0 aliphatic carbocycles. The Hall–Kier alpha value is -4.87. The van der Waals surface area contributed by atoms with Crippen molar-refractivity contribution in [1.82, 2.24) is 9.80 Å². The highest BCUT2D eigenvalue weighted by molar-refractivity contribution is 5.93. The van der Waals surface area contributed by atoms with Crippen molar-refractivity contribution in [1.29, 1.82) is 0 Å². The summed E-state index contributed by atoms with van der Waals surface area (Å²) in [5.74, 6) is -5.18. The van der Waals surface area contributed by atoms with Crippen LogP contribution in [0.1, 0.15) is 127 Å². The van der Waals surface area contributed by atoms with E-state index in [1.165, 1.54) is 37.7 Å². The number of carbonyl (C=O) groups excluding carboxylic acids is 7. The fourth-order valence-electron chi connectivity index (χ4n) is 7.39. The number of ether oxygens (including phenoxy) is 3. The van der Waals surface area contributed by atoms with E-state index in [9.17, 15) is 33.6 Å². The summed E-state index contributed by atoms with van der Waals surface area (Å²) in [6.45, 7) is 25.6. The summed E-state index contributed by atoms with van der Waals surface area (Å²) in [6.07, 6.45) is 4.21. The van der Waals surface area contributed by atoms with Crippen LogP contribution < -0.4 is 0 Å². The monoisotopic (exact) mass is 879 g/mol. The summed E-state index contributed by atoms with van der Waals surface area (Å²) in [6, 6.07) is 7.31. The average Bonchev–Trinajstić information content (AvgIpc) is 3.20. The molecule has 12 heteroatoms. The van der Waals surface area contributed by atoms with Gasteiger partial charge in [0.15, 0.2) is 29.9 Å². The summed E-state index contributed by atoms with van der Waals surface area (Å²) < 4.78 is 17.6. The van der Waals surface area contributed by atoms with Crippen LogP contribution in [0.4, 0.5) is 0 Å². The van der Waals surface area contributed by atoms with Crippen molar-refractivity contribution in [3.63, 3.8) is 0 Å². The van der Waals surface area contributed by atoms with Crippen molar-refractivity contribution in [2.75, 3.05) is 14.1 Å². The number of nitrogens with zero attached hydrogens (tertiary/aromatic N) is 2. The van der Waals surface area contributed by atoms with Gasteiger partial charge in [0, 0.05) is 33.4 Å². The van der Waals surface area contributed by atoms with Crippen molar-refractivity contribution in [3.8, 4) is 0 Å². The molecule has 1 rings (SSSR count). The minimum Gasteiger partial charge on any atom is -0.453 e. The predicted octanol–water partition coefficient (Wildman–Crippen LogP) is 8.70. The Kier molecular flexibility index (Phi) is 25.0. The second kappa shape index (κ2) is 28.0. The zero-order valence-electron chi connectivity index (χ0n) is 40.7. The van der Waals surface area contributed by atoms with Gasteiger partial charge in [-0.2, -0.15) is 0 Å². The number of rotatable bonds is 28. The number of likely N-dealkylation sites (N-methyl/N-ethyl adjacent to an activating group) is 2. The lowest BCUT2D eigenvalue weighted by atomic mass is 9.91. The van der Waals surface area contributed by atoms with E-state index in [1.54, 1.807) is 38.2 Å². The Morgan fingerprint density at radius 2 is 1.14 bits per heavy atom. The number of ketones is 2. The zero-order valence-corrected chi connectivity index (χ0v) is 40.7. The van der Waals surface area contributed by atoms with Crippen molar-refractivity contribution < 1.29 is 47.8 Å². The largest absolute Gasteiger partial charge is 0.453 e. The molecule has 0 N–H and O–H groups in total. The highest BCUT2D eigenvalue weighted by atomic mass is 16.6. The summed E-state index contributed by atoms with van der Waals surface area (Å²) >= 11 is 0. The highest BCUT2D eigenvalue weighted by Crippen LogP contribution is 2.25. The maximum absolute atomic E-state index is 14.2. The van der Waals surface area contributed by atoms with Gasteiger partial charge in [0.05, 0.1) is 17.9 Å². The number of Topliss-reactive ketones (excluding diaryl/α,β-unsaturated/α-hetero) is 2. The van der Waals surface area contributed by atoms with Crippen LogP contribution in [0.5, 0.6) is 0 Å². The molecule has 0 radical (unpaired) electrons. The number of carbonyl (C=O) groups is 7. The minimum atomic E-state index is -1.30. The third kappa shape index (κ3) is 20.0. The van der Waals surface area contributed by atoms with Crippen LogP contribution in [0.15, 0.2) is 66.8 Å². The van der Waals surface area contributed by atoms with Crippen LogP contribution in [-0.2, 0) is 54.2 Å². The molecule has 7 atom stereocenters. The number of hydrogen-bond donors (Lipinski definition) is 0. The first-order chi connectivity index (χ1) is 29.4. The van der Waals surface area contributed by atoms with Crippen LogP contribution in [0.2, 0.25) is 0 Å². The topological polar surface area (TPSA) is 154 Å². The van der Waals surface area contributed by atoms with Crippen molar-refractivity contribution in [3.05, 3.63) is 72.4 Å². The van der Waals surface area contributed by atoms with Crippen LogP contribution in [0.25, 0.3) is 0 Å². The molecular weight excluding hydrogens is 801 g/mol. The maximum Gasteiger partial charge on any atom is 0.329 e. The summed E-state index contributed by atoms with van der Waals surface area (Å²) in [5, 5.41) is 0. The predicted molar refractivity (Wildman–Crippen MR) is 247 cm³/mol. The zero-order chi connectivity index (χ0) is 48.1. The molecule has 0 heterocycles. The smallest absolute Gasteiger partial charge is 0.329 e. The van der Waals surface area contributed by atoms with Gasteiger partial charge in [-0.05, 0) is 81.3 Å². The third-order valence-electron chi connectivity index (χ3n) is 10.8. The van der Waals surface area contributed by atoms with Crippen LogP contribution in [0, 0.1) is 35.5 Å². The minimum absolute atomic E-state index is 0.0181. The lowest BCUT2D eigenvalue weighted by Gasteiger charge is -2.32. The first-order valence-electron chi connectivity index (χ1n) is 22.6. The molecule has 1 aromatic rings. The van der Waals surface area contributed by atoms with Crippen molar-refractivity contribution >= 4 is 41.3 Å². The molecule has 0 saturated heterocycles. The number of benzene rings is 1. The van der Waals surface area contributed by atoms with Gasteiger partial charge in [-0.1, -0.05) is 124 Å². The van der Waals surface area contributed by atoms with Crippen LogP contribution >= 0.6 is 0 Å². The van der Waals surface area contributed by atoms with Gasteiger partial charge in [0.25, 0.3) is 11.8 Å². The molecule has 0 unspecified atom stereocenters. The summed E-state index contributed by atoms with van der Waals surface area (Å²) in [7, 11) is 2.99. The van der Waals surface area contributed by atoms with Gasteiger partial charge in [0.1, 0.15) is 6.04 Å². The van der Waals surface area contributed by atoms with Gasteiger partial charge in [-0.25, -0.2) is 4.79 Å². The third-order valence-corrected chi connectivity index (χ3v) is 10.8. The molecule has 0 aliphatic heterocycles. The molecule has 1 aromatic carbocycles. The van der Waals surface area contributed by atoms with Gasteiger partial charge in [0.2, 0.25) is 0 Å². The number of amides is 2. The molecule has 0 aromatic heterocycles. The quantitative estimate of drug-likeness (QED) is 0.0454. The Morgan fingerprint density at radius 3 is 1.65 bits per heavy atom. The van der Waals surface area contributed by atoms with E-state index in [1.807, 2.05) is 85.7 Å². The molecule has 0 spiro atoms. The van der Waals surface area contributed by atoms with E-state index in [4.69, 9.17) is 14.2 Å². The van der Waals surface area contributed by atoms with E-state index in [0.717, 1.165) is 5.56 Å². The van der Waals surface area contributed by atoms with E-state index >= 15 is 0 Å². The molecule has 352 valence electrons. The number of hydrogen-bond acceptors (Lipinski definition) is 10. The van der Waals surface area contributed by atoms with Crippen molar-refractivity contribution in [2.45, 2.75) is 158 Å². The molecule has 0 aliphatic rings. The van der Waals surface area contributed by atoms with Crippen molar-refractivity contribution in [2.24, 2.45) is 35.5 Å². The standard InChI is InChI=1S/C51H78N2O10/c1-16-18-22-39(17-2)29-45(47(56)52(14)42(37(12)54)27-34(7)8)63-50(59)41(26-33(5)6)31-44(55)38(13)61-51(60)43(28-35(9)10)53(15)48(57)46(30-40-23-20-19-21-24-40)62-49(58)36(11)25-32(3)4/h16-24,32-36,38,41-43,45-46H,1,25-31H2,2-15H3/b22-18-,39-17+/t36-,38+,41+,42-,43-,45+,46+/m0/s1. The Balaban J connectivity index is 3.43. The summed E-state index contributed by atoms with van der Waals surface area (Å²) in [5.41, 5.74) is 1.46. The first kappa shape index (κ1) is 56.1. The lowest BCUT2D eigenvalue weighted by Crippen LogP contribution is -2.50. The fraction of sp³-hybridized carbons (Fsp3) is 0.627. The van der Waals surface area contributed by atoms with E-state index in [-0.39, 0.29) is 61.6 Å². The second-order valence-corrected chi connectivity index (χ2v) is 18.6. The number of allylic oxidation sites excluding steroid dienone is 4. The maximum atomic E-state index is 14.2. The Morgan fingerprint density at radius 1 is 0.635 bits per heavy atom. The van der Waals surface area contributed by atoms with E-state index < -0.39 is 77.7 Å². The second-order valence-electron chi connectivity index (χ2n) is 18.6. The van der Waals surface area contributed by atoms with Gasteiger partial charge >= 0.3 is 17.9 Å². The van der Waals surface area contributed by atoms with E-state index in [0.29, 0.717) is 18.4 Å². The molecule has 63 heavy (non-hydrogen) atoms. The summed E-state index contributed by atoms with van der Waals surface area (Å²) in [4.78, 5) is 98.7. The molecule has 0 bridgehead atoms. The molecule has 0 fully saturated rings. The average molecular weight is 879 g/mol. The normalized spacial score (nSPS) is 15.3. The SMILES string of the molecule is C=C/C=C\C(=C/C)C[C@@H](OC(=O)[C@@H](CC(=O)[C@@H](C)OC(=O)[C@H](CC(C)C)N(C)C(=O)[C@@H](Cc1ccccc1)OC(=O)[C@@H](C)CC(C)C)CC(C)C)C(=O)N(C)[C@@H](CC(C)C)C(C)=O. The fourth-order valence-corrected chi connectivity index (χ4v) is 7.39. The van der Waals surface area contributed by atoms with Crippen LogP contribution in [-0.4, -0.2) is 95.6 Å². The van der Waals surface area contributed by atoms with Gasteiger partial charge in [-0.3, -0.25) is 28.8 Å². The molecular formula is C51H78N2O10. The molecule has 2 amide bonds. The molecule has 12 nitrogen and oxygen atoms in total. The van der Waals surface area contributed by atoms with Gasteiger partial charge < -0.3 is 24.0 Å². The Bertz CT molecular complexity index is 1730. The van der Waals surface area contributed by atoms with Gasteiger partial charge in [-0.15, -0.1) is 0 Å². The first-order valence-corrected chi connectivity index (χ1v) is 22.6. The molecule has 0 saturated carbocycles.